The smallest absolute Gasteiger partial charge is 0.314 e. The Bertz CT molecular complexity index is 1370. The number of hydrogen-bond donors (Lipinski definition) is 11. The number of rotatable bonds is 9. The second kappa shape index (κ2) is 15.5. The number of aliphatic hydroxyl groups is 11. The molecule has 0 radical (unpaired) electrons. The molecule has 4 saturated carbocycles. The van der Waals surface area contributed by atoms with Gasteiger partial charge in [-0.15, -0.1) is 0 Å². The van der Waals surface area contributed by atoms with Crippen molar-refractivity contribution in [2.45, 2.75) is 176 Å². The molecule has 4 aliphatic carbocycles. The van der Waals surface area contributed by atoms with Gasteiger partial charge in [0.2, 0.25) is 6.29 Å². The van der Waals surface area contributed by atoms with Gasteiger partial charge in [0.1, 0.15) is 73.2 Å². The summed E-state index contributed by atoms with van der Waals surface area (Å²) < 4.78 is 35.5. The molecule has 0 amide bonds. The molecule has 21 atom stereocenters. The third-order valence-electron chi connectivity index (χ3n) is 15.0. The molecule has 7 aliphatic rings. The zero-order valence-corrected chi connectivity index (χ0v) is 31.3. The monoisotopic (exact) mass is 792 g/mol. The van der Waals surface area contributed by atoms with E-state index in [4.69, 9.17) is 28.4 Å². The lowest BCUT2D eigenvalue weighted by molar-refractivity contribution is -0.380. The zero-order valence-electron chi connectivity index (χ0n) is 31.3. The van der Waals surface area contributed by atoms with E-state index in [0.29, 0.717) is 32.1 Å². The minimum atomic E-state index is -1.78. The summed E-state index contributed by atoms with van der Waals surface area (Å²) in [5.74, 6) is -0.456. The van der Waals surface area contributed by atoms with E-state index >= 15 is 0 Å². The summed E-state index contributed by atoms with van der Waals surface area (Å²) in [6.07, 6.45) is -16.1. The summed E-state index contributed by atoms with van der Waals surface area (Å²) in [7, 11) is 0. The van der Waals surface area contributed by atoms with Crippen LogP contribution in [0.15, 0.2) is 0 Å². The van der Waals surface area contributed by atoms with E-state index < -0.39 is 129 Å². The maximum Gasteiger partial charge on any atom is 0.314 e. The first-order chi connectivity index (χ1) is 26.0. The van der Waals surface area contributed by atoms with Gasteiger partial charge in [-0.05, 0) is 87.4 Å². The number of carbonyl (C=O) groups is 1. The van der Waals surface area contributed by atoms with Crippen LogP contribution in [0.2, 0.25) is 0 Å². The summed E-state index contributed by atoms with van der Waals surface area (Å²) in [4.78, 5) is 14.1. The molecule has 3 heterocycles. The molecule has 3 saturated heterocycles. The van der Waals surface area contributed by atoms with Gasteiger partial charge in [-0.2, -0.15) is 0 Å². The van der Waals surface area contributed by atoms with Crippen molar-refractivity contribution >= 4 is 5.97 Å². The van der Waals surface area contributed by atoms with Crippen molar-refractivity contribution in [3.63, 3.8) is 0 Å². The van der Waals surface area contributed by atoms with Crippen molar-refractivity contribution in [1.82, 2.24) is 0 Å². The van der Waals surface area contributed by atoms with Gasteiger partial charge in [0, 0.05) is 0 Å². The number of aliphatic hydroxyl groups excluding tert-OH is 11. The molecule has 7 fully saturated rings. The Morgan fingerprint density at radius 3 is 1.76 bits per heavy atom. The third kappa shape index (κ3) is 6.88. The highest BCUT2D eigenvalue weighted by Crippen LogP contribution is 2.73. The average molecular weight is 793 g/mol. The van der Waals surface area contributed by atoms with Crippen molar-refractivity contribution < 1.29 is 89.4 Å². The highest BCUT2D eigenvalue weighted by Gasteiger charge is 2.68. The van der Waals surface area contributed by atoms with E-state index in [1.807, 2.05) is 6.92 Å². The topological polar surface area (TPSA) is 295 Å². The quantitative estimate of drug-likeness (QED) is 0.0814. The van der Waals surface area contributed by atoms with Crippen LogP contribution in [0.5, 0.6) is 0 Å². The second-order valence-corrected chi connectivity index (χ2v) is 17.9. The van der Waals surface area contributed by atoms with Crippen LogP contribution in [-0.4, -0.2) is 180 Å². The van der Waals surface area contributed by atoms with E-state index in [9.17, 15) is 61.0 Å². The molecule has 11 N–H and O–H groups in total. The Morgan fingerprint density at radius 2 is 1.15 bits per heavy atom. The van der Waals surface area contributed by atoms with Crippen LogP contribution in [0.3, 0.4) is 0 Å². The second-order valence-electron chi connectivity index (χ2n) is 17.9. The molecular weight excluding hydrogens is 732 g/mol. The molecule has 0 unspecified atom stereocenters. The van der Waals surface area contributed by atoms with Gasteiger partial charge in [0.25, 0.3) is 0 Å². The normalized spacial score (nSPS) is 55.3. The summed E-state index contributed by atoms with van der Waals surface area (Å²) in [6.45, 7) is 2.15. The molecule has 1 spiro atoms. The lowest BCUT2D eigenvalue weighted by Gasteiger charge is -2.64. The summed E-state index contributed by atoms with van der Waals surface area (Å²) >= 11 is 0. The molecule has 0 aromatic carbocycles. The number of ether oxygens (including phenoxy) is 6. The minimum absolute atomic E-state index is 0.0873. The molecule has 0 aromatic heterocycles. The van der Waals surface area contributed by atoms with Crippen LogP contribution in [0.25, 0.3) is 0 Å². The van der Waals surface area contributed by atoms with Gasteiger partial charge in [-0.3, -0.25) is 4.79 Å². The first-order valence-corrected chi connectivity index (χ1v) is 19.8. The molecule has 3 aliphatic heterocycles. The highest BCUT2D eigenvalue weighted by atomic mass is 16.8. The van der Waals surface area contributed by atoms with Gasteiger partial charge in [-0.1, -0.05) is 13.3 Å². The zero-order chi connectivity index (χ0) is 39.8. The number of carbonyl (C=O) groups excluding carboxylic acids is 1. The maximum atomic E-state index is 14.1. The Kier molecular flexibility index (Phi) is 11.8. The van der Waals surface area contributed by atoms with E-state index in [2.05, 4.69) is 6.92 Å². The van der Waals surface area contributed by atoms with E-state index in [1.165, 1.54) is 0 Å². The van der Waals surface area contributed by atoms with Crippen molar-refractivity contribution in [3.05, 3.63) is 0 Å². The molecule has 2 bridgehead atoms. The van der Waals surface area contributed by atoms with Gasteiger partial charge >= 0.3 is 5.97 Å². The van der Waals surface area contributed by atoms with Gasteiger partial charge in [0.05, 0.1) is 30.8 Å². The predicted octanol–water partition coefficient (Wildman–Crippen LogP) is -3.10. The summed E-state index contributed by atoms with van der Waals surface area (Å²) in [5.41, 5.74) is -2.14. The van der Waals surface area contributed by atoms with Gasteiger partial charge in [0.15, 0.2) is 12.6 Å². The van der Waals surface area contributed by atoms with E-state index in [1.54, 1.807) is 0 Å². The number of hydrogen-bond acceptors (Lipinski definition) is 18. The van der Waals surface area contributed by atoms with Crippen molar-refractivity contribution in [1.29, 1.82) is 0 Å². The van der Waals surface area contributed by atoms with Crippen LogP contribution < -0.4 is 0 Å². The molecule has 316 valence electrons. The van der Waals surface area contributed by atoms with Crippen LogP contribution in [0.4, 0.5) is 0 Å². The van der Waals surface area contributed by atoms with Crippen molar-refractivity contribution in [2.24, 2.45) is 28.1 Å². The largest absolute Gasteiger partial charge is 0.432 e. The molecular formula is C37H60O18. The lowest BCUT2D eigenvalue weighted by atomic mass is 9.41. The Hall–Kier alpha value is -1.17. The minimum Gasteiger partial charge on any atom is -0.432 e. The SMILES string of the molecule is C[C@@]12CCC[C@@](C)(C(=O)O[C@@H]3O[C@H](CO)[C@H](O)[C@@H](O)[C@@H]3O)[C@@H]1CC[C@]13CC[C@](O[C@@H]4O[C@H](CO)[C@@H](O)[C@H](O)[C@@H]4O[C@@H]4O[C@H](CO)[C@@H](O)[C@H](O)[C@@H]4O)(CC[C@H]12)C3. The van der Waals surface area contributed by atoms with E-state index in [-0.39, 0.29) is 22.7 Å². The van der Waals surface area contributed by atoms with Crippen molar-refractivity contribution in [3.8, 4) is 0 Å². The number of fused-ring (bicyclic) bond motifs is 3. The highest BCUT2D eigenvalue weighted by molar-refractivity contribution is 5.77. The molecule has 18 heteroatoms. The fraction of sp³-hybridized carbons (Fsp3) is 0.973. The third-order valence-corrected chi connectivity index (χ3v) is 15.0. The first-order valence-electron chi connectivity index (χ1n) is 19.8. The fourth-order valence-corrected chi connectivity index (χ4v) is 12.0. The molecule has 55 heavy (non-hydrogen) atoms. The predicted molar refractivity (Wildman–Crippen MR) is 182 cm³/mol. The van der Waals surface area contributed by atoms with Crippen LogP contribution in [-0.2, 0) is 33.2 Å². The van der Waals surface area contributed by atoms with Crippen LogP contribution >= 0.6 is 0 Å². The lowest BCUT2D eigenvalue weighted by Crippen LogP contribution is -2.65. The van der Waals surface area contributed by atoms with Crippen LogP contribution in [0.1, 0.15) is 78.1 Å². The van der Waals surface area contributed by atoms with Gasteiger partial charge in [-0.25, -0.2) is 0 Å². The first kappa shape index (κ1) is 42.0. The standard InChI is InChI=1S/C37H60O18/c1-34-6-3-7-35(2,33(49)54-31-28(48)25(45)22(42)17(13-39)51-31)19(34)4-8-36-10-11-37(15-36,9-5-20(34)36)55-32-29(26(46)23(43)18(14-40)52-32)53-30-27(47)24(44)21(41)16(12-38)50-30/h16-32,38-48H,3-15H2,1-2H3/t16-,17-,18-,19-,20+,21-,22+,23-,24+,25-,26+,27+,28+,29+,30+,31+,32+,34-,35-,36-,37-/m1/s1. The van der Waals surface area contributed by atoms with E-state index in [0.717, 1.165) is 32.1 Å². The Balaban J connectivity index is 1.08. The Labute approximate surface area is 318 Å². The molecule has 18 nitrogen and oxygen atoms in total. The fourth-order valence-electron chi connectivity index (χ4n) is 12.0. The molecule has 7 rings (SSSR count). The maximum absolute atomic E-state index is 14.1. The molecule has 0 aromatic rings. The van der Waals surface area contributed by atoms with Gasteiger partial charge < -0.3 is 84.6 Å². The summed E-state index contributed by atoms with van der Waals surface area (Å²) in [5, 5.41) is 114. The number of esters is 1. The summed E-state index contributed by atoms with van der Waals surface area (Å²) in [6, 6.07) is 0. The van der Waals surface area contributed by atoms with Crippen molar-refractivity contribution in [2.75, 3.05) is 19.8 Å². The Morgan fingerprint density at radius 1 is 0.600 bits per heavy atom. The van der Waals surface area contributed by atoms with Crippen LogP contribution in [0, 0.1) is 28.1 Å². The average Bonchev–Trinajstić information content (AvgIpc) is 3.43.